The Balaban J connectivity index is 2.94. The van der Waals surface area contributed by atoms with Crippen molar-refractivity contribution in [2.75, 3.05) is 6.26 Å². The molecule has 1 aliphatic heterocycles. The first-order valence-corrected chi connectivity index (χ1v) is 5.61. The molecule has 14 heavy (non-hydrogen) atoms. The number of thioether (sulfide) groups is 1. The average molecular weight is 216 g/mol. The number of carbonyl (C=O) groups is 1. The van der Waals surface area contributed by atoms with Crippen LogP contribution in [0.2, 0.25) is 0 Å². The highest BCUT2D eigenvalue weighted by Crippen LogP contribution is 2.21. The van der Waals surface area contributed by atoms with E-state index < -0.39 is 0 Å². The van der Waals surface area contributed by atoms with Gasteiger partial charge in [0.25, 0.3) is 5.91 Å². The van der Waals surface area contributed by atoms with Gasteiger partial charge in [-0.25, -0.2) is 5.84 Å². The second-order valence-electron chi connectivity index (χ2n) is 4.14. The molecule has 1 heterocycles. The zero-order valence-electron chi connectivity index (χ0n) is 8.87. The van der Waals surface area contributed by atoms with Crippen LogP contribution in [0.5, 0.6) is 0 Å². The molecule has 0 radical (unpaired) electrons. The quantitative estimate of drug-likeness (QED) is 0.620. The molecule has 0 saturated carbocycles. The van der Waals surface area contributed by atoms with Gasteiger partial charge in [0, 0.05) is 5.41 Å². The maximum atomic E-state index is 11.6. The molecule has 1 aliphatic rings. The van der Waals surface area contributed by atoms with E-state index in [2.05, 4.69) is 10.4 Å². The Hall–Kier alpha value is -0.750. The lowest BCUT2D eigenvalue weighted by Gasteiger charge is -2.33. The third-order valence-corrected chi connectivity index (χ3v) is 2.64. The van der Waals surface area contributed by atoms with Gasteiger partial charge in [0.15, 0.2) is 5.50 Å². The smallest absolute Gasteiger partial charge is 0.270 e. The lowest BCUT2D eigenvalue weighted by Crippen LogP contribution is -2.56. The van der Waals surface area contributed by atoms with Crippen molar-refractivity contribution in [1.82, 2.24) is 10.4 Å². The number of hydrogen-bond donors (Lipinski definition) is 2. The normalized spacial score (nSPS) is 23.2. The van der Waals surface area contributed by atoms with Crippen LogP contribution in [-0.2, 0) is 4.79 Å². The predicted molar refractivity (Wildman–Crippen MR) is 58.4 cm³/mol. The number of nitrogens with two attached hydrogens (primary N) is 1. The second kappa shape index (κ2) is 3.78. The molecule has 0 aliphatic carbocycles. The first kappa shape index (κ1) is 11.3. The monoisotopic (exact) mass is 216 g/mol. The summed E-state index contributed by atoms with van der Waals surface area (Å²) in [5, 5.41) is 8.13. The van der Waals surface area contributed by atoms with Crippen LogP contribution in [0.1, 0.15) is 20.8 Å². The molecule has 0 fully saturated rings. The first-order valence-electron chi connectivity index (χ1n) is 4.33. The summed E-state index contributed by atoms with van der Waals surface area (Å²) in [5.74, 6) is 5.51. The Morgan fingerprint density at radius 2 is 2.14 bits per heavy atom. The summed E-state index contributed by atoms with van der Waals surface area (Å²) >= 11 is 1.43. The molecule has 80 valence electrons. The van der Waals surface area contributed by atoms with Crippen LogP contribution in [0.15, 0.2) is 5.10 Å². The number of rotatable bonds is 1. The number of carbonyl (C=O) groups excluding carboxylic acids is 1. The number of hydrazine groups is 1. The summed E-state index contributed by atoms with van der Waals surface area (Å²) in [4.78, 5) is 11.6. The topological polar surface area (TPSA) is 70.7 Å². The van der Waals surface area contributed by atoms with Crippen molar-refractivity contribution in [3.8, 4) is 0 Å². The maximum Gasteiger partial charge on any atom is 0.270 e. The zero-order chi connectivity index (χ0) is 10.9. The molecule has 0 spiro atoms. The SMILES string of the molecule is CSC1NC(=O)C(C(C)(C)C)=NN1N. The van der Waals surface area contributed by atoms with Crippen molar-refractivity contribution in [2.24, 2.45) is 16.4 Å². The van der Waals surface area contributed by atoms with E-state index in [-0.39, 0.29) is 16.8 Å². The highest BCUT2D eigenvalue weighted by atomic mass is 32.2. The number of hydrazone groups is 1. The summed E-state index contributed by atoms with van der Waals surface area (Å²) in [7, 11) is 0. The average Bonchev–Trinajstić information content (AvgIpc) is 2.06. The molecule has 5 nitrogen and oxygen atoms in total. The lowest BCUT2D eigenvalue weighted by molar-refractivity contribution is -0.117. The molecule has 1 unspecified atom stereocenters. The lowest BCUT2D eigenvalue weighted by atomic mass is 9.89. The minimum absolute atomic E-state index is 0.140. The molecule has 6 heteroatoms. The highest BCUT2D eigenvalue weighted by Gasteiger charge is 2.33. The molecule has 0 aromatic rings. The molecule has 0 saturated heterocycles. The number of amides is 1. The summed E-state index contributed by atoms with van der Waals surface area (Å²) < 4.78 is 0. The molecule has 3 N–H and O–H groups in total. The van der Waals surface area contributed by atoms with Gasteiger partial charge in [0.2, 0.25) is 0 Å². The highest BCUT2D eigenvalue weighted by molar-refractivity contribution is 7.99. The van der Waals surface area contributed by atoms with Crippen LogP contribution in [-0.4, -0.2) is 28.5 Å². The van der Waals surface area contributed by atoms with Gasteiger partial charge >= 0.3 is 0 Å². The van der Waals surface area contributed by atoms with E-state index in [4.69, 9.17) is 5.84 Å². The minimum atomic E-state index is -0.287. The Labute approximate surface area is 88.1 Å². The maximum absolute atomic E-state index is 11.6. The molecular formula is C8H16N4OS. The van der Waals surface area contributed by atoms with Gasteiger partial charge in [0.1, 0.15) is 5.71 Å². The van der Waals surface area contributed by atoms with Crippen LogP contribution in [0.4, 0.5) is 0 Å². The van der Waals surface area contributed by atoms with Crippen molar-refractivity contribution in [1.29, 1.82) is 0 Å². The predicted octanol–water partition coefficient (Wildman–Crippen LogP) is 0.341. The van der Waals surface area contributed by atoms with Crippen LogP contribution >= 0.6 is 11.8 Å². The second-order valence-corrected chi connectivity index (χ2v) is 5.06. The van der Waals surface area contributed by atoms with Crippen molar-refractivity contribution >= 4 is 23.4 Å². The van der Waals surface area contributed by atoms with Crippen LogP contribution in [0.25, 0.3) is 0 Å². The van der Waals surface area contributed by atoms with Gasteiger partial charge in [0.05, 0.1) is 0 Å². The van der Waals surface area contributed by atoms with Crippen LogP contribution in [0, 0.1) is 5.41 Å². The van der Waals surface area contributed by atoms with E-state index in [1.54, 1.807) is 0 Å². The molecular weight excluding hydrogens is 200 g/mol. The van der Waals surface area contributed by atoms with Gasteiger partial charge in [-0.15, -0.1) is 11.8 Å². The van der Waals surface area contributed by atoms with E-state index in [1.807, 2.05) is 27.0 Å². The third kappa shape index (κ3) is 2.19. The molecule has 1 rings (SSSR count). The Kier molecular flexibility index (Phi) is 3.06. The Morgan fingerprint density at radius 1 is 1.57 bits per heavy atom. The molecule has 0 aromatic heterocycles. The summed E-state index contributed by atoms with van der Waals surface area (Å²) in [6, 6.07) is 0. The molecule has 1 atom stereocenters. The fourth-order valence-electron chi connectivity index (χ4n) is 1.12. The van der Waals surface area contributed by atoms with Gasteiger partial charge in [-0.05, 0) is 6.26 Å². The fraction of sp³-hybridized carbons (Fsp3) is 0.750. The number of hydrogen-bond acceptors (Lipinski definition) is 5. The van der Waals surface area contributed by atoms with E-state index in [0.29, 0.717) is 5.71 Å². The number of nitrogens with zero attached hydrogens (tertiary/aromatic N) is 2. The fourth-order valence-corrected chi connectivity index (χ4v) is 1.61. The largest absolute Gasteiger partial charge is 0.320 e. The van der Waals surface area contributed by atoms with Gasteiger partial charge in [-0.1, -0.05) is 20.8 Å². The van der Waals surface area contributed by atoms with E-state index >= 15 is 0 Å². The van der Waals surface area contributed by atoms with Gasteiger partial charge < -0.3 is 5.32 Å². The summed E-state index contributed by atoms with van der Waals surface area (Å²) in [6.45, 7) is 5.79. The molecule has 1 amide bonds. The Morgan fingerprint density at radius 3 is 2.57 bits per heavy atom. The summed E-state index contributed by atoms with van der Waals surface area (Å²) in [5.41, 5.74) is -0.0932. The molecule has 0 bridgehead atoms. The van der Waals surface area contributed by atoms with E-state index in [0.717, 1.165) is 0 Å². The number of nitrogens with one attached hydrogen (secondary N) is 1. The standard InChI is InChI=1S/C8H16N4OS/c1-8(2,3)5-6(13)10-7(14-4)12(9)11-5/h7H,9H2,1-4H3,(H,10,13). The van der Waals surface area contributed by atoms with Gasteiger partial charge in [-0.2, -0.15) is 10.2 Å². The van der Waals surface area contributed by atoms with Crippen LogP contribution < -0.4 is 11.2 Å². The van der Waals surface area contributed by atoms with Crippen molar-refractivity contribution in [3.05, 3.63) is 0 Å². The van der Waals surface area contributed by atoms with Crippen LogP contribution in [0.3, 0.4) is 0 Å². The Bertz CT molecular complexity index is 271. The summed E-state index contributed by atoms with van der Waals surface area (Å²) in [6.07, 6.45) is 1.86. The van der Waals surface area contributed by atoms with Crippen molar-refractivity contribution in [2.45, 2.75) is 26.3 Å². The van der Waals surface area contributed by atoms with Gasteiger partial charge in [-0.3, -0.25) is 4.79 Å². The first-order chi connectivity index (χ1) is 6.36. The van der Waals surface area contributed by atoms with Crippen molar-refractivity contribution < 1.29 is 4.79 Å². The van der Waals surface area contributed by atoms with Crippen molar-refractivity contribution in [3.63, 3.8) is 0 Å². The third-order valence-electron chi connectivity index (χ3n) is 1.86. The minimum Gasteiger partial charge on any atom is -0.320 e. The van der Waals surface area contributed by atoms with E-state index in [9.17, 15) is 4.79 Å². The molecule has 0 aromatic carbocycles. The zero-order valence-corrected chi connectivity index (χ0v) is 9.68. The van der Waals surface area contributed by atoms with E-state index in [1.165, 1.54) is 16.9 Å².